The minimum absolute atomic E-state index is 0.0759. The number of imide groups is 1. The number of aldehydes is 2. The van der Waals surface area contributed by atoms with Crippen molar-refractivity contribution in [2.45, 2.75) is 38.1 Å². The van der Waals surface area contributed by atoms with Crippen LogP contribution in [0.1, 0.15) is 52.8 Å². The van der Waals surface area contributed by atoms with Crippen LogP contribution >= 0.6 is 0 Å². The number of fused-ring (bicyclic) bond motifs is 1. The van der Waals surface area contributed by atoms with Crippen molar-refractivity contribution >= 4 is 36.0 Å². The smallest absolute Gasteiger partial charge is 0.262 e. The molecule has 0 radical (unpaired) electrons. The van der Waals surface area contributed by atoms with Gasteiger partial charge in [0.1, 0.15) is 18.6 Å². The number of nitrogens with one attached hydrogen (secondary N) is 1. The molecule has 0 bridgehead atoms. The van der Waals surface area contributed by atoms with Crippen LogP contribution in [0.4, 0.5) is 5.69 Å². The Bertz CT molecular complexity index is 830. The number of carbonyl (C=O) groups is 5. The summed E-state index contributed by atoms with van der Waals surface area (Å²) in [6.07, 6.45) is 4.17. The van der Waals surface area contributed by atoms with E-state index in [-0.39, 0.29) is 24.0 Å². The molecule has 0 aliphatic carbocycles. The molecule has 29 heavy (non-hydrogen) atoms. The van der Waals surface area contributed by atoms with Gasteiger partial charge in [-0.15, -0.1) is 0 Å². The van der Waals surface area contributed by atoms with Crippen LogP contribution in [0.2, 0.25) is 0 Å². The molecule has 8 heteroatoms. The molecule has 3 amide bonds. The number of piperidine rings is 1. The van der Waals surface area contributed by atoms with Crippen molar-refractivity contribution in [3.63, 3.8) is 0 Å². The molecule has 2 heterocycles. The molecule has 154 valence electrons. The lowest BCUT2D eigenvalue weighted by atomic mass is 9.93. The summed E-state index contributed by atoms with van der Waals surface area (Å²) in [6.45, 7) is 1.56. The molecular formula is C21H25N3O5. The van der Waals surface area contributed by atoms with Gasteiger partial charge in [-0.2, -0.15) is 0 Å². The summed E-state index contributed by atoms with van der Waals surface area (Å²) in [5.74, 6) is -1.11. The quantitative estimate of drug-likeness (QED) is 0.520. The molecule has 1 aromatic carbocycles. The number of anilines is 1. The molecule has 2 aliphatic rings. The Balaban J connectivity index is 1.82. The molecule has 0 spiro atoms. The van der Waals surface area contributed by atoms with Gasteiger partial charge in [0, 0.05) is 38.7 Å². The highest BCUT2D eigenvalue weighted by Gasteiger charge is 2.42. The van der Waals surface area contributed by atoms with Crippen LogP contribution in [0.25, 0.3) is 0 Å². The minimum atomic E-state index is -1.01. The Labute approximate surface area is 169 Å². The Morgan fingerprint density at radius 3 is 2.45 bits per heavy atom. The normalized spacial score (nSPS) is 17.8. The Kier molecular flexibility index (Phi) is 6.41. The standard InChI is InChI=1S/C21H25N3O5/c1-22-19(27)18(3-2-11-25)24-20(28)16-5-4-15(13-17(16)21(24)29)23-9-6-14(7-10-23)8-12-26/h4-5,11-14,18H,2-3,6-10H2,1H3,(H,22,27). The average Bonchev–Trinajstić information content (AvgIpc) is 2.99. The zero-order valence-corrected chi connectivity index (χ0v) is 16.4. The van der Waals surface area contributed by atoms with E-state index in [1.54, 1.807) is 12.1 Å². The molecule has 1 atom stereocenters. The topological polar surface area (TPSA) is 104 Å². The van der Waals surface area contributed by atoms with Crippen LogP contribution in [-0.4, -0.2) is 61.4 Å². The maximum Gasteiger partial charge on any atom is 0.262 e. The van der Waals surface area contributed by atoms with Crippen molar-refractivity contribution in [1.82, 2.24) is 10.2 Å². The fourth-order valence-electron chi connectivity index (χ4n) is 4.06. The van der Waals surface area contributed by atoms with Gasteiger partial charge in [-0.1, -0.05) is 0 Å². The highest BCUT2D eigenvalue weighted by molar-refractivity contribution is 6.23. The zero-order chi connectivity index (χ0) is 21.0. The van der Waals surface area contributed by atoms with E-state index in [0.717, 1.165) is 42.8 Å². The van der Waals surface area contributed by atoms with E-state index < -0.39 is 23.8 Å². The van der Waals surface area contributed by atoms with E-state index in [1.807, 2.05) is 6.07 Å². The third kappa shape index (κ3) is 4.06. The van der Waals surface area contributed by atoms with Gasteiger partial charge < -0.3 is 19.8 Å². The zero-order valence-electron chi connectivity index (χ0n) is 16.4. The lowest BCUT2D eigenvalue weighted by molar-refractivity contribution is -0.124. The van der Waals surface area contributed by atoms with E-state index in [9.17, 15) is 24.0 Å². The van der Waals surface area contributed by atoms with Gasteiger partial charge >= 0.3 is 0 Å². The van der Waals surface area contributed by atoms with Gasteiger partial charge in [-0.05, 0) is 43.4 Å². The van der Waals surface area contributed by atoms with Gasteiger partial charge in [0.25, 0.3) is 11.8 Å². The first kappa shape index (κ1) is 20.7. The molecule has 1 fully saturated rings. The molecule has 0 saturated carbocycles. The van der Waals surface area contributed by atoms with Crippen LogP contribution in [0.15, 0.2) is 18.2 Å². The van der Waals surface area contributed by atoms with Crippen LogP contribution < -0.4 is 10.2 Å². The van der Waals surface area contributed by atoms with Crippen LogP contribution in [-0.2, 0) is 14.4 Å². The second-order valence-corrected chi connectivity index (χ2v) is 7.42. The molecule has 1 N–H and O–H groups in total. The van der Waals surface area contributed by atoms with Crippen molar-refractivity contribution in [3.8, 4) is 0 Å². The first-order valence-corrected chi connectivity index (χ1v) is 9.87. The number of benzene rings is 1. The first-order valence-electron chi connectivity index (χ1n) is 9.87. The Morgan fingerprint density at radius 1 is 1.14 bits per heavy atom. The molecular weight excluding hydrogens is 374 g/mol. The van der Waals surface area contributed by atoms with Crippen LogP contribution in [0.5, 0.6) is 0 Å². The molecule has 0 aromatic heterocycles. The largest absolute Gasteiger partial charge is 0.371 e. The van der Waals surface area contributed by atoms with Gasteiger partial charge in [0.05, 0.1) is 11.1 Å². The Morgan fingerprint density at radius 2 is 1.83 bits per heavy atom. The van der Waals surface area contributed by atoms with Gasteiger partial charge in [-0.25, -0.2) is 0 Å². The number of likely N-dealkylation sites (N-methyl/N-ethyl adjacent to an activating group) is 1. The summed E-state index contributed by atoms with van der Waals surface area (Å²) in [6, 6.07) is 4.13. The lowest BCUT2D eigenvalue weighted by Crippen LogP contribution is -2.48. The van der Waals surface area contributed by atoms with Crippen molar-refractivity contribution in [3.05, 3.63) is 29.3 Å². The SMILES string of the molecule is CNC(=O)C(CCC=O)N1C(=O)c2ccc(N3CCC(CC=O)CC3)cc2C1=O. The van der Waals surface area contributed by atoms with E-state index in [2.05, 4.69) is 10.2 Å². The maximum absolute atomic E-state index is 13.0. The number of amides is 3. The third-order valence-electron chi connectivity index (χ3n) is 5.73. The summed E-state index contributed by atoms with van der Waals surface area (Å²) >= 11 is 0. The van der Waals surface area contributed by atoms with Crippen molar-refractivity contribution in [2.75, 3.05) is 25.0 Å². The molecule has 3 rings (SSSR count). The number of hydrogen-bond acceptors (Lipinski definition) is 6. The van der Waals surface area contributed by atoms with E-state index in [0.29, 0.717) is 18.6 Å². The fourth-order valence-corrected chi connectivity index (χ4v) is 4.06. The van der Waals surface area contributed by atoms with Crippen molar-refractivity contribution in [2.24, 2.45) is 5.92 Å². The first-order chi connectivity index (χ1) is 14.0. The van der Waals surface area contributed by atoms with Crippen LogP contribution in [0, 0.1) is 5.92 Å². The lowest BCUT2D eigenvalue weighted by Gasteiger charge is -2.33. The fraction of sp³-hybridized carbons (Fsp3) is 0.476. The second kappa shape index (κ2) is 8.98. The van der Waals surface area contributed by atoms with E-state index in [4.69, 9.17) is 0 Å². The third-order valence-corrected chi connectivity index (χ3v) is 5.73. The molecule has 1 saturated heterocycles. The van der Waals surface area contributed by atoms with E-state index >= 15 is 0 Å². The van der Waals surface area contributed by atoms with Crippen LogP contribution in [0.3, 0.4) is 0 Å². The second-order valence-electron chi connectivity index (χ2n) is 7.42. The molecule has 2 aliphatic heterocycles. The summed E-state index contributed by atoms with van der Waals surface area (Å²) in [5.41, 5.74) is 1.40. The summed E-state index contributed by atoms with van der Waals surface area (Å²) in [5, 5.41) is 2.46. The summed E-state index contributed by atoms with van der Waals surface area (Å²) in [7, 11) is 1.43. The molecule has 8 nitrogen and oxygen atoms in total. The monoisotopic (exact) mass is 399 g/mol. The summed E-state index contributed by atoms with van der Waals surface area (Å²) < 4.78 is 0. The highest BCUT2D eigenvalue weighted by Crippen LogP contribution is 2.31. The van der Waals surface area contributed by atoms with Crippen molar-refractivity contribution in [1.29, 1.82) is 0 Å². The van der Waals surface area contributed by atoms with E-state index in [1.165, 1.54) is 7.05 Å². The predicted molar refractivity (Wildman–Crippen MR) is 106 cm³/mol. The Hall–Kier alpha value is -3.03. The number of nitrogens with zero attached hydrogens (tertiary/aromatic N) is 2. The molecule has 1 unspecified atom stereocenters. The van der Waals surface area contributed by atoms with Crippen molar-refractivity contribution < 1.29 is 24.0 Å². The number of carbonyl (C=O) groups excluding carboxylic acids is 5. The predicted octanol–water partition coefficient (Wildman–Crippen LogP) is 1.18. The average molecular weight is 399 g/mol. The maximum atomic E-state index is 13.0. The number of hydrogen-bond donors (Lipinski definition) is 1. The highest BCUT2D eigenvalue weighted by atomic mass is 16.2. The molecule has 1 aromatic rings. The van der Waals surface area contributed by atoms with Gasteiger partial charge in [-0.3, -0.25) is 19.3 Å². The minimum Gasteiger partial charge on any atom is -0.371 e. The van der Waals surface area contributed by atoms with Gasteiger partial charge in [0.15, 0.2) is 0 Å². The number of rotatable bonds is 8. The summed E-state index contributed by atoms with van der Waals surface area (Å²) in [4.78, 5) is 62.6. The van der Waals surface area contributed by atoms with Gasteiger partial charge in [0.2, 0.25) is 5.91 Å².